The van der Waals surface area contributed by atoms with E-state index in [1.54, 1.807) is 53.2 Å². The molecular formula is C15H11Cl2N5OS. The van der Waals surface area contributed by atoms with Gasteiger partial charge in [-0.25, -0.2) is 0 Å². The van der Waals surface area contributed by atoms with Gasteiger partial charge in [0.2, 0.25) is 11.1 Å². The fraction of sp³-hybridized carbons (Fsp3) is 0.0667. The molecule has 3 aromatic rings. The van der Waals surface area contributed by atoms with Crippen LogP contribution in [0, 0.1) is 0 Å². The molecule has 1 N–H and O–H groups in total. The number of thioether (sulfide) groups is 1. The maximum atomic E-state index is 12.0. The van der Waals surface area contributed by atoms with E-state index in [0.717, 1.165) is 5.69 Å². The van der Waals surface area contributed by atoms with Crippen LogP contribution in [-0.4, -0.2) is 31.9 Å². The van der Waals surface area contributed by atoms with Crippen LogP contribution >= 0.6 is 35.0 Å². The largest absolute Gasteiger partial charge is 0.325 e. The Morgan fingerprint density at radius 3 is 2.33 bits per heavy atom. The lowest BCUT2D eigenvalue weighted by atomic mass is 10.3. The van der Waals surface area contributed by atoms with Gasteiger partial charge >= 0.3 is 0 Å². The standard InChI is InChI=1S/C15H11Cl2N5OS/c16-10-1-5-12(6-2-10)18-14(23)9-24-15-19-20-21-22(15)13-7-3-11(17)4-8-13/h1-8H,9H2,(H,18,23). The third-order valence-electron chi connectivity index (χ3n) is 2.97. The topological polar surface area (TPSA) is 72.7 Å². The number of carbonyl (C=O) groups is 1. The van der Waals surface area contributed by atoms with Crippen molar-refractivity contribution in [3.8, 4) is 5.69 Å². The number of amides is 1. The van der Waals surface area contributed by atoms with Crippen LogP contribution in [0.1, 0.15) is 0 Å². The molecule has 122 valence electrons. The number of tetrazole rings is 1. The van der Waals surface area contributed by atoms with Gasteiger partial charge < -0.3 is 5.32 Å². The number of rotatable bonds is 5. The van der Waals surface area contributed by atoms with Crippen LogP contribution in [0.2, 0.25) is 10.0 Å². The highest BCUT2D eigenvalue weighted by molar-refractivity contribution is 7.99. The van der Waals surface area contributed by atoms with Crippen molar-refractivity contribution in [1.29, 1.82) is 0 Å². The molecule has 3 rings (SSSR count). The highest BCUT2D eigenvalue weighted by atomic mass is 35.5. The molecular weight excluding hydrogens is 369 g/mol. The summed E-state index contributed by atoms with van der Waals surface area (Å²) in [6, 6.07) is 14.0. The van der Waals surface area contributed by atoms with E-state index < -0.39 is 0 Å². The SMILES string of the molecule is O=C(CSc1nnnn1-c1ccc(Cl)cc1)Nc1ccc(Cl)cc1. The number of halogens is 2. The lowest BCUT2D eigenvalue weighted by molar-refractivity contribution is -0.113. The molecule has 0 aliphatic heterocycles. The van der Waals surface area contributed by atoms with Gasteiger partial charge in [0.15, 0.2) is 0 Å². The predicted octanol–water partition coefficient (Wildman–Crippen LogP) is 3.70. The van der Waals surface area contributed by atoms with Gasteiger partial charge in [0.25, 0.3) is 0 Å². The lowest BCUT2D eigenvalue weighted by Gasteiger charge is -2.06. The highest BCUT2D eigenvalue weighted by Crippen LogP contribution is 2.20. The quantitative estimate of drug-likeness (QED) is 0.684. The zero-order valence-electron chi connectivity index (χ0n) is 12.2. The van der Waals surface area contributed by atoms with Gasteiger partial charge in [-0.3, -0.25) is 4.79 Å². The molecule has 0 saturated heterocycles. The first kappa shape index (κ1) is 16.8. The van der Waals surface area contributed by atoms with Gasteiger partial charge in [0.05, 0.1) is 11.4 Å². The van der Waals surface area contributed by atoms with Crippen LogP contribution < -0.4 is 5.32 Å². The molecule has 0 radical (unpaired) electrons. The third kappa shape index (κ3) is 4.25. The van der Waals surface area contributed by atoms with Crippen molar-refractivity contribution < 1.29 is 4.79 Å². The first-order valence-electron chi connectivity index (χ1n) is 6.84. The molecule has 0 bridgehead atoms. The van der Waals surface area contributed by atoms with E-state index in [2.05, 4.69) is 20.8 Å². The zero-order chi connectivity index (χ0) is 16.9. The number of nitrogens with zero attached hydrogens (tertiary/aromatic N) is 4. The number of nitrogens with one attached hydrogen (secondary N) is 1. The van der Waals surface area contributed by atoms with Crippen LogP contribution in [0.25, 0.3) is 5.69 Å². The van der Waals surface area contributed by atoms with Crippen LogP contribution in [-0.2, 0) is 4.79 Å². The monoisotopic (exact) mass is 379 g/mol. The van der Waals surface area contributed by atoms with Crippen molar-refractivity contribution in [1.82, 2.24) is 20.2 Å². The normalized spacial score (nSPS) is 10.6. The van der Waals surface area contributed by atoms with Gasteiger partial charge in [0, 0.05) is 15.7 Å². The molecule has 0 saturated carbocycles. The minimum atomic E-state index is -0.159. The van der Waals surface area contributed by atoms with E-state index in [4.69, 9.17) is 23.2 Å². The summed E-state index contributed by atoms with van der Waals surface area (Å²) in [5.41, 5.74) is 1.45. The fourth-order valence-electron chi connectivity index (χ4n) is 1.87. The number of hydrogen-bond donors (Lipinski definition) is 1. The second kappa shape index (κ2) is 7.65. The second-order valence-corrected chi connectivity index (χ2v) is 6.51. The van der Waals surface area contributed by atoms with E-state index in [0.29, 0.717) is 20.9 Å². The van der Waals surface area contributed by atoms with Gasteiger partial charge in [-0.1, -0.05) is 35.0 Å². The predicted molar refractivity (Wildman–Crippen MR) is 95.0 cm³/mol. The van der Waals surface area contributed by atoms with Crippen molar-refractivity contribution in [3.63, 3.8) is 0 Å². The average Bonchev–Trinajstić information content (AvgIpc) is 3.04. The third-order valence-corrected chi connectivity index (χ3v) is 4.40. The Kier molecular flexibility index (Phi) is 5.34. The van der Waals surface area contributed by atoms with Crippen LogP contribution in [0.3, 0.4) is 0 Å². The summed E-state index contributed by atoms with van der Waals surface area (Å²) in [5, 5.41) is 16.1. The number of carbonyl (C=O) groups excluding carboxylic acids is 1. The van der Waals surface area contributed by atoms with Crippen molar-refractivity contribution in [2.24, 2.45) is 0 Å². The Labute approximate surface area is 152 Å². The van der Waals surface area contributed by atoms with Gasteiger partial charge in [0.1, 0.15) is 0 Å². The number of aromatic nitrogens is 4. The molecule has 2 aromatic carbocycles. The number of hydrogen-bond acceptors (Lipinski definition) is 5. The molecule has 1 aromatic heterocycles. The first-order chi connectivity index (χ1) is 11.6. The molecule has 0 aliphatic rings. The fourth-order valence-corrected chi connectivity index (χ4v) is 2.82. The molecule has 9 heteroatoms. The summed E-state index contributed by atoms with van der Waals surface area (Å²) >= 11 is 12.9. The summed E-state index contributed by atoms with van der Waals surface area (Å²) < 4.78 is 1.55. The molecule has 0 atom stereocenters. The number of benzene rings is 2. The zero-order valence-corrected chi connectivity index (χ0v) is 14.5. The first-order valence-corrected chi connectivity index (χ1v) is 8.58. The Bertz CT molecular complexity index is 836. The lowest BCUT2D eigenvalue weighted by Crippen LogP contribution is -2.14. The van der Waals surface area contributed by atoms with Crippen LogP contribution in [0.4, 0.5) is 5.69 Å². The average molecular weight is 380 g/mol. The van der Waals surface area contributed by atoms with E-state index in [9.17, 15) is 4.79 Å². The summed E-state index contributed by atoms with van der Waals surface area (Å²) in [4.78, 5) is 12.0. The van der Waals surface area contributed by atoms with Gasteiger partial charge in [-0.05, 0) is 59.0 Å². The molecule has 24 heavy (non-hydrogen) atoms. The maximum absolute atomic E-state index is 12.0. The molecule has 0 fully saturated rings. The Balaban J connectivity index is 1.63. The molecule has 0 aliphatic carbocycles. The summed E-state index contributed by atoms with van der Waals surface area (Å²) in [6.07, 6.45) is 0. The highest BCUT2D eigenvalue weighted by Gasteiger charge is 2.11. The van der Waals surface area contributed by atoms with Crippen molar-refractivity contribution in [2.75, 3.05) is 11.1 Å². The van der Waals surface area contributed by atoms with E-state index >= 15 is 0 Å². The smallest absolute Gasteiger partial charge is 0.234 e. The van der Waals surface area contributed by atoms with Crippen molar-refractivity contribution in [3.05, 3.63) is 58.6 Å². The van der Waals surface area contributed by atoms with Crippen LogP contribution in [0.5, 0.6) is 0 Å². The summed E-state index contributed by atoms with van der Waals surface area (Å²) in [6.45, 7) is 0. The molecule has 0 unspecified atom stereocenters. The minimum absolute atomic E-state index is 0.159. The van der Waals surface area contributed by atoms with Crippen molar-refractivity contribution >= 4 is 46.6 Å². The summed E-state index contributed by atoms with van der Waals surface area (Å²) in [7, 11) is 0. The molecule has 1 amide bonds. The molecule has 0 spiro atoms. The second-order valence-electron chi connectivity index (χ2n) is 4.69. The van der Waals surface area contributed by atoms with Gasteiger partial charge in [-0.15, -0.1) is 5.10 Å². The van der Waals surface area contributed by atoms with Crippen molar-refractivity contribution in [2.45, 2.75) is 5.16 Å². The van der Waals surface area contributed by atoms with Crippen LogP contribution in [0.15, 0.2) is 53.7 Å². The van der Waals surface area contributed by atoms with E-state index in [1.807, 2.05) is 0 Å². The maximum Gasteiger partial charge on any atom is 0.234 e. The minimum Gasteiger partial charge on any atom is -0.325 e. The Hall–Kier alpha value is -2.09. The molecule has 6 nitrogen and oxygen atoms in total. The molecule has 1 heterocycles. The number of anilines is 1. The Morgan fingerprint density at radius 1 is 1.04 bits per heavy atom. The van der Waals surface area contributed by atoms with E-state index in [1.165, 1.54) is 11.8 Å². The van der Waals surface area contributed by atoms with E-state index in [-0.39, 0.29) is 11.7 Å². The summed E-state index contributed by atoms with van der Waals surface area (Å²) in [5.74, 6) is 0.0179. The van der Waals surface area contributed by atoms with Gasteiger partial charge in [-0.2, -0.15) is 4.68 Å². The Morgan fingerprint density at radius 2 is 1.67 bits per heavy atom.